The van der Waals surface area contributed by atoms with Crippen LogP contribution in [0.5, 0.6) is 5.75 Å². The Balaban J connectivity index is 2.04. The molecule has 2 aromatic rings. The normalized spacial score (nSPS) is 11.2. The van der Waals surface area contributed by atoms with Gasteiger partial charge in [0, 0.05) is 0 Å². The standard InChI is InChI=1S/C14H10F3NO3/c15-14(16,17)10-3-1-2-9(6-10)8-21-11-4-5-12(13(19)20)18-7-11/h1-7H,8H2,(H,19,20). The van der Waals surface area contributed by atoms with Gasteiger partial charge in [-0.25, -0.2) is 9.78 Å². The van der Waals surface area contributed by atoms with Gasteiger partial charge in [0.15, 0.2) is 0 Å². The summed E-state index contributed by atoms with van der Waals surface area (Å²) in [7, 11) is 0. The summed E-state index contributed by atoms with van der Waals surface area (Å²) in [4.78, 5) is 14.3. The van der Waals surface area contributed by atoms with E-state index in [1.54, 1.807) is 0 Å². The van der Waals surface area contributed by atoms with Crippen LogP contribution in [0.1, 0.15) is 21.6 Å². The molecular weight excluding hydrogens is 287 g/mol. The van der Waals surface area contributed by atoms with Gasteiger partial charge in [0.25, 0.3) is 0 Å². The van der Waals surface area contributed by atoms with Gasteiger partial charge >= 0.3 is 12.1 Å². The van der Waals surface area contributed by atoms with Crippen molar-refractivity contribution in [2.45, 2.75) is 12.8 Å². The molecule has 21 heavy (non-hydrogen) atoms. The van der Waals surface area contributed by atoms with Crippen molar-refractivity contribution in [2.75, 3.05) is 0 Å². The van der Waals surface area contributed by atoms with E-state index < -0.39 is 17.7 Å². The summed E-state index contributed by atoms with van der Waals surface area (Å²) < 4.78 is 42.9. The average Bonchev–Trinajstić information content (AvgIpc) is 2.45. The summed E-state index contributed by atoms with van der Waals surface area (Å²) in [5.41, 5.74) is -0.531. The van der Waals surface area contributed by atoms with Crippen LogP contribution in [-0.2, 0) is 12.8 Å². The number of carboxylic acid groups (broad SMARTS) is 1. The Morgan fingerprint density at radius 1 is 1.24 bits per heavy atom. The predicted molar refractivity (Wildman–Crippen MR) is 67.0 cm³/mol. The molecule has 1 aromatic carbocycles. The molecule has 0 radical (unpaired) electrons. The maximum atomic E-state index is 12.5. The van der Waals surface area contributed by atoms with Crippen molar-refractivity contribution in [3.63, 3.8) is 0 Å². The molecule has 0 atom stereocenters. The van der Waals surface area contributed by atoms with Crippen LogP contribution >= 0.6 is 0 Å². The van der Waals surface area contributed by atoms with Gasteiger partial charge in [-0.05, 0) is 29.8 Å². The van der Waals surface area contributed by atoms with Gasteiger partial charge in [-0.2, -0.15) is 13.2 Å². The Labute approximate surface area is 117 Å². The van der Waals surface area contributed by atoms with E-state index in [0.29, 0.717) is 5.56 Å². The molecule has 110 valence electrons. The number of aromatic carboxylic acids is 1. The largest absolute Gasteiger partial charge is 0.487 e. The van der Waals surface area contributed by atoms with Crippen molar-refractivity contribution >= 4 is 5.97 Å². The van der Waals surface area contributed by atoms with Gasteiger partial charge in [0.1, 0.15) is 18.1 Å². The monoisotopic (exact) mass is 297 g/mol. The zero-order valence-electron chi connectivity index (χ0n) is 10.6. The molecule has 0 aliphatic heterocycles. The smallest absolute Gasteiger partial charge is 0.416 e. The first-order valence-electron chi connectivity index (χ1n) is 5.84. The molecule has 0 unspecified atom stereocenters. The molecule has 4 nitrogen and oxygen atoms in total. The van der Waals surface area contributed by atoms with Crippen LogP contribution in [-0.4, -0.2) is 16.1 Å². The van der Waals surface area contributed by atoms with Gasteiger partial charge in [0.2, 0.25) is 0 Å². The molecule has 2 rings (SSSR count). The van der Waals surface area contributed by atoms with Crippen LogP contribution in [0.4, 0.5) is 13.2 Å². The number of halogens is 3. The highest BCUT2D eigenvalue weighted by Gasteiger charge is 2.30. The Bertz CT molecular complexity index is 639. The summed E-state index contributed by atoms with van der Waals surface area (Å²) >= 11 is 0. The van der Waals surface area contributed by atoms with E-state index in [0.717, 1.165) is 12.1 Å². The zero-order chi connectivity index (χ0) is 15.5. The van der Waals surface area contributed by atoms with Gasteiger partial charge < -0.3 is 9.84 Å². The van der Waals surface area contributed by atoms with E-state index >= 15 is 0 Å². The number of nitrogens with zero attached hydrogens (tertiary/aromatic N) is 1. The van der Waals surface area contributed by atoms with Gasteiger partial charge in [-0.1, -0.05) is 12.1 Å². The second-order valence-corrected chi connectivity index (χ2v) is 4.17. The highest BCUT2D eigenvalue weighted by Crippen LogP contribution is 2.29. The lowest BCUT2D eigenvalue weighted by Crippen LogP contribution is -2.06. The molecule has 1 N–H and O–H groups in total. The van der Waals surface area contributed by atoms with Crippen LogP contribution in [0.25, 0.3) is 0 Å². The summed E-state index contributed by atoms with van der Waals surface area (Å²) in [6, 6.07) is 7.43. The molecule has 0 spiro atoms. The quantitative estimate of drug-likeness (QED) is 0.940. The van der Waals surface area contributed by atoms with E-state index in [1.165, 1.54) is 30.5 Å². The van der Waals surface area contributed by atoms with Crippen molar-refractivity contribution in [3.8, 4) is 5.75 Å². The molecule has 0 fully saturated rings. The van der Waals surface area contributed by atoms with Crippen LogP contribution in [0.15, 0.2) is 42.6 Å². The third kappa shape index (κ3) is 3.95. The van der Waals surface area contributed by atoms with Crippen LogP contribution < -0.4 is 4.74 Å². The van der Waals surface area contributed by atoms with Crippen LogP contribution in [0.3, 0.4) is 0 Å². The van der Waals surface area contributed by atoms with Crippen molar-refractivity contribution in [2.24, 2.45) is 0 Å². The number of hydrogen-bond acceptors (Lipinski definition) is 3. The SMILES string of the molecule is O=C(O)c1ccc(OCc2cccc(C(F)(F)F)c2)cn1. The van der Waals surface area contributed by atoms with Gasteiger partial charge in [-0.3, -0.25) is 0 Å². The number of rotatable bonds is 4. The second-order valence-electron chi connectivity index (χ2n) is 4.17. The van der Waals surface area contributed by atoms with E-state index in [1.807, 2.05) is 0 Å². The highest BCUT2D eigenvalue weighted by molar-refractivity contribution is 5.85. The number of aromatic nitrogens is 1. The Hall–Kier alpha value is -2.57. The average molecular weight is 297 g/mol. The molecule has 0 amide bonds. The number of hydrogen-bond donors (Lipinski definition) is 1. The molecule has 0 aliphatic rings. The Kier molecular flexibility index (Phi) is 4.11. The maximum absolute atomic E-state index is 12.5. The first-order valence-corrected chi connectivity index (χ1v) is 5.84. The molecule has 0 saturated heterocycles. The van der Waals surface area contributed by atoms with E-state index in [2.05, 4.69) is 4.98 Å². The van der Waals surface area contributed by atoms with Crippen LogP contribution in [0, 0.1) is 0 Å². The fraction of sp³-hybridized carbons (Fsp3) is 0.143. The fourth-order valence-corrected chi connectivity index (χ4v) is 1.60. The number of ether oxygens (including phenoxy) is 1. The molecule has 7 heteroatoms. The number of carbonyl (C=O) groups is 1. The lowest BCUT2D eigenvalue weighted by molar-refractivity contribution is -0.137. The minimum atomic E-state index is -4.40. The van der Waals surface area contributed by atoms with Crippen molar-refractivity contribution < 1.29 is 27.8 Å². The van der Waals surface area contributed by atoms with E-state index in [-0.39, 0.29) is 18.1 Å². The Morgan fingerprint density at radius 3 is 2.57 bits per heavy atom. The van der Waals surface area contributed by atoms with Crippen LogP contribution in [0.2, 0.25) is 0 Å². The van der Waals surface area contributed by atoms with Gasteiger partial charge in [-0.15, -0.1) is 0 Å². The van der Waals surface area contributed by atoms with Crippen molar-refractivity contribution in [1.82, 2.24) is 4.98 Å². The first-order chi connectivity index (χ1) is 9.86. The summed E-state index contributed by atoms with van der Waals surface area (Å²) in [5, 5.41) is 8.68. The molecular formula is C14H10F3NO3. The minimum absolute atomic E-state index is 0.0714. The second kappa shape index (κ2) is 5.82. The van der Waals surface area contributed by atoms with Gasteiger partial charge in [0.05, 0.1) is 11.8 Å². The lowest BCUT2D eigenvalue weighted by Gasteiger charge is -2.10. The number of benzene rings is 1. The molecule has 1 aromatic heterocycles. The maximum Gasteiger partial charge on any atom is 0.416 e. The third-order valence-electron chi connectivity index (χ3n) is 2.62. The fourth-order valence-electron chi connectivity index (χ4n) is 1.60. The summed E-state index contributed by atoms with van der Waals surface area (Å²) in [6.07, 6.45) is -3.20. The Morgan fingerprint density at radius 2 is 2.00 bits per heavy atom. The number of carboxylic acids is 1. The van der Waals surface area contributed by atoms with Crippen molar-refractivity contribution in [1.29, 1.82) is 0 Å². The number of pyridine rings is 1. The molecule has 1 heterocycles. The molecule has 0 bridgehead atoms. The number of alkyl halides is 3. The minimum Gasteiger partial charge on any atom is -0.487 e. The zero-order valence-corrected chi connectivity index (χ0v) is 10.6. The highest BCUT2D eigenvalue weighted by atomic mass is 19.4. The molecule has 0 saturated carbocycles. The first kappa shape index (κ1) is 14.8. The van der Waals surface area contributed by atoms with E-state index in [4.69, 9.17) is 9.84 Å². The topological polar surface area (TPSA) is 59.4 Å². The summed E-state index contributed by atoms with van der Waals surface area (Å²) in [6.45, 7) is -0.0714. The van der Waals surface area contributed by atoms with E-state index in [9.17, 15) is 18.0 Å². The molecule has 0 aliphatic carbocycles. The predicted octanol–water partition coefficient (Wildman–Crippen LogP) is 3.38. The van der Waals surface area contributed by atoms with Crippen molar-refractivity contribution in [3.05, 3.63) is 59.4 Å². The summed E-state index contributed by atoms with van der Waals surface area (Å²) in [5.74, 6) is -0.892. The lowest BCUT2D eigenvalue weighted by atomic mass is 10.1. The third-order valence-corrected chi connectivity index (χ3v) is 2.62.